The Morgan fingerprint density at radius 3 is 3.21 bits per heavy atom. The topological polar surface area (TPSA) is 86.3 Å². The van der Waals surface area contributed by atoms with Crippen molar-refractivity contribution in [3.63, 3.8) is 0 Å². The number of aromatic nitrogens is 3. The summed E-state index contributed by atoms with van der Waals surface area (Å²) in [6.45, 7) is 4.75. The van der Waals surface area contributed by atoms with Gasteiger partial charge >= 0.3 is 0 Å². The van der Waals surface area contributed by atoms with Crippen LogP contribution in [0.5, 0.6) is 0 Å². The van der Waals surface area contributed by atoms with Gasteiger partial charge in [-0.05, 0) is 26.3 Å². The molecule has 1 aromatic rings. The molecule has 7 heteroatoms. The average Bonchev–Trinajstić information content (AvgIpc) is 2.84. The summed E-state index contributed by atoms with van der Waals surface area (Å²) in [6, 6.07) is 0. The largest absolute Gasteiger partial charge is 0.375 e. The van der Waals surface area contributed by atoms with Gasteiger partial charge in [-0.25, -0.2) is 4.68 Å². The molecule has 1 atom stereocenters. The molecule has 7 nitrogen and oxygen atoms in total. The molecule has 106 valence electrons. The van der Waals surface area contributed by atoms with Crippen molar-refractivity contribution in [2.45, 2.75) is 32.4 Å². The lowest BCUT2D eigenvalue weighted by Gasteiger charge is -2.31. The minimum Gasteiger partial charge on any atom is -0.375 e. The van der Waals surface area contributed by atoms with Crippen LogP contribution in [0.25, 0.3) is 0 Å². The molecule has 0 spiro atoms. The number of amides is 1. The number of aryl methyl sites for hydroxylation is 1. The van der Waals surface area contributed by atoms with Gasteiger partial charge in [0.1, 0.15) is 6.54 Å². The predicted octanol–water partition coefficient (Wildman–Crippen LogP) is -0.583. The summed E-state index contributed by atoms with van der Waals surface area (Å²) >= 11 is 0. The Labute approximate surface area is 112 Å². The Morgan fingerprint density at radius 2 is 2.47 bits per heavy atom. The maximum Gasteiger partial charge on any atom is 0.244 e. The number of nitrogens with zero attached hydrogens (tertiary/aromatic N) is 4. The molecular formula is C12H21N5O2. The van der Waals surface area contributed by atoms with Gasteiger partial charge in [-0.1, -0.05) is 5.21 Å². The summed E-state index contributed by atoms with van der Waals surface area (Å²) < 4.78 is 7.01. The van der Waals surface area contributed by atoms with Crippen molar-refractivity contribution >= 4 is 5.91 Å². The lowest BCUT2D eigenvalue weighted by molar-refractivity contribution is -0.139. The first-order valence-electron chi connectivity index (χ1n) is 6.67. The van der Waals surface area contributed by atoms with Crippen LogP contribution < -0.4 is 5.73 Å². The minimum atomic E-state index is 0.0606. The average molecular weight is 267 g/mol. The van der Waals surface area contributed by atoms with Gasteiger partial charge in [0, 0.05) is 19.3 Å². The van der Waals surface area contributed by atoms with Crippen molar-refractivity contribution in [3.8, 4) is 0 Å². The first kappa shape index (κ1) is 14.0. The van der Waals surface area contributed by atoms with Crippen LogP contribution >= 0.6 is 0 Å². The first-order chi connectivity index (χ1) is 9.19. The highest BCUT2D eigenvalue weighted by atomic mass is 16.5. The number of hydrogen-bond acceptors (Lipinski definition) is 5. The molecule has 19 heavy (non-hydrogen) atoms. The quantitative estimate of drug-likeness (QED) is 0.771. The molecule has 0 radical (unpaired) electrons. The molecule has 0 saturated carbocycles. The molecule has 1 aliphatic rings. The number of rotatable bonds is 5. The van der Waals surface area contributed by atoms with Gasteiger partial charge in [0.15, 0.2) is 0 Å². The van der Waals surface area contributed by atoms with E-state index in [0.29, 0.717) is 26.2 Å². The fraction of sp³-hybridized carbons (Fsp3) is 0.750. The van der Waals surface area contributed by atoms with E-state index >= 15 is 0 Å². The molecule has 0 aromatic carbocycles. The summed E-state index contributed by atoms with van der Waals surface area (Å²) in [6.07, 6.45) is 3.61. The number of morpholine rings is 1. The van der Waals surface area contributed by atoms with E-state index in [9.17, 15) is 4.79 Å². The lowest BCUT2D eigenvalue weighted by atomic mass is 10.2. The van der Waals surface area contributed by atoms with E-state index in [-0.39, 0.29) is 18.6 Å². The van der Waals surface area contributed by atoms with Gasteiger partial charge < -0.3 is 15.4 Å². The van der Waals surface area contributed by atoms with Crippen molar-refractivity contribution in [1.29, 1.82) is 0 Å². The third-order valence-corrected chi connectivity index (χ3v) is 3.11. The third kappa shape index (κ3) is 4.00. The number of ether oxygens (including phenoxy) is 1. The second-order valence-electron chi connectivity index (χ2n) is 4.82. The number of carbonyl (C=O) groups excluding carboxylic acids is 1. The maximum absolute atomic E-state index is 12.1. The standard InChI is InChI=1S/C12H21N5O2/c1-10-7-16(5-6-19-10)12(18)9-17-8-11(14-15-17)3-2-4-13/h8,10H,2-7,9,13H2,1H3. The molecule has 2 rings (SSSR count). The summed E-state index contributed by atoms with van der Waals surface area (Å²) in [5, 5.41) is 8.00. The highest BCUT2D eigenvalue weighted by molar-refractivity contribution is 5.76. The van der Waals surface area contributed by atoms with Gasteiger partial charge in [0.2, 0.25) is 5.91 Å². The second kappa shape index (κ2) is 6.63. The van der Waals surface area contributed by atoms with E-state index in [0.717, 1.165) is 18.5 Å². The third-order valence-electron chi connectivity index (χ3n) is 3.11. The van der Waals surface area contributed by atoms with Crippen LogP contribution in [0.1, 0.15) is 19.0 Å². The highest BCUT2D eigenvalue weighted by Gasteiger charge is 2.21. The van der Waals surface area contributed by atoms with E-state index in [1.807, 2.05) is 18.0 Å². The number of hydrogen-bond donors (Lipinski definition) is 1. The normalized spacial score (nSPS) is 19.7. The van der Waals surface area contributed by atoms with Crippen LogP contribution in [0.15, 0.2) is 6.20 Å². The molecule has 1 aromatic heterocycles. The zero-order valence-corrected chi connectivity index (χ0v) is 11.3. The Hall–Kier alpha value is -1.47. The molecule has 0 bridgehead atoms. The van der Waals surface area contributed by atoms with Crippen LogP contribution in [0.3, 0.4) is 0 Å². The van der Waals surface area contributed by atoms with Gasteiger partial charge in [0.25, 0.3) is 0 Å². The zero-order chi connectivity index (χ0) is 13.7. The van der Waals surface area contributed by atoms with E-state index in [1.54, 1.807) is 4.68 Å². The van der Waals surface area contributed by atoms with Gasteiger partial charge in [0.05, 0.1) is 18.4 Å². The summed E-state index contributed by atoms with van der Waals surface area (Å²) in [5.74, 6) is 0.0606. The Morgan fingerprint density at radius 1 is 1.63 bits per heavy atom. The molecule has 1 saturated heterocycles. The second-order valence-corrected chi connectivity index (χ2v) is 4.82. The highest BCUT2D eigenvalue weighted by Crippen LogP contribution is 2.06. The number of carbonyl (C=O) groups is 1. The van der Waals surface area contributed by atoms with Gasteiger partial charge in [-0.3, -0.25) is 4.79 Å². The van der Waals surface area contributed by atoms with E-state index in [2.05, 4.69) is 10.3 Å². The number of nitrogens with two attached hydrogens (primary N) is 1. The van der Waals surface area contributed by atoms with Crippen LogP contribution in [0.2, 0.25) is 0 Å². The van der Waals surface area contributed by atoms with Crippen LogP contribution in [-0.2, 0) is 22.5 Å². The van der Waals surface area contributed by atoms with E-state index in [1.165, 1.54) is 0 Å². The monoisotopic (exact) mass is 267 g/mol. The molecule has 2 N–H and O–H groups in total. The maximum atomic E-state index is 12.1. The van der Waals surface area contributed by atoms with Crippen LogP contribution in [0.4, 0.5) is 0 Å². The fourth-order valence-electron chi connectivity index (χ4n) is 2.10. The van der Waals surface area contributed by atoms with E-state index in [4.69, 9.17) is 10.5 Å². The van der Waals surface area contributed by atoms with E-state index < -0.39 is 0 Å². The zero-order valence-electron chi connectivity index (χ0n) is 11.3. The van der Waals surface area contributed by atoms with Crippen molar-refractivity contribution < 1.29 is 9.53 Å². The summed E-state index contributed by atoms with van der Waals surface area (Å²) in [4.78, 5) is 13.9. The van der Waals surface area contributed by atoms with Gasteiger partial charge in [-0.15, -0.1) is 5.10 Å². The molecule has 0 aliphatic carbocycles. The van der Waals surface area contributed by atoms with Crippen LogP contribution in [0, 0.1) is 0 Å². The minimum absolute atomic E-state index is 0.0606. The molecule has 1 aliphatic heterocycles. The predicted molar refractivity (Wildman–Crippen MR) is 69.4 cm³/mol. The first-order valence-corrected chi connectivity index (χ1v) is 6.67. The van der Waals surface area contributed by atoms with Crippen LogP contribution in [-0.4, -0.2) is 58.1 Å². The van der Waals surface area contributed by atoms with Crippen molar-refractivity contribution in [3.05, 3.63) is 11.9 Å². The smallest absolute Gasteiger partial charge is 0.244 e. The summed E-state index contributed by atoms with van der Waals surface area (Å²) in [7, 11) is 0. The van der Waals surface area contributed by atoms with Crippen molar-refractivity contribution in [2.75, 3.05) is 26.2 Å². The molecule has 1 amide bonds. The van der Waals surface area contributed by atoms with Gasteiger partial charge in [-0.2, -0.15) is 0 Å². The Bertz CT molecular complexity index is 420. The molecule has 2 heterocycles. The summed E-state index contributed by atoms with van der Waals surface area (Å²) in [5.41, 5.74) is 6.33. The fourth-order valence-corrected chi connectivity index (χ4v) is 2.10. The lowest BCUT2D eigenvalue weighted by Crippen LogP contribution is -2.45. The Kier molecular flexibility index (Phi) is 4.86. The van der Waals surface area contributed by atoms with Crippen molar-refractivity contribution in [1.82, 2.24) is 19.9 Å². The van der Waals surface area contributed by atoms with Crippen molar-refractivity contribution in [2.24, 2.45) is 5.73 Å². The SMILES string of the molecule is CC1CN(C(=O)Cn2cc(CCCN)nn2)CCO1. The molecular weight excluding hydrogens is 246 g/mol. The molecule has 1 unspecified atom stereocenters. The molecule has 1 fully saturated rings. The Balaban J connectivity index is 1.86.